The Kier molecular flexibility index (Phi) is 7.38. The molecule has 3 amide bonds. The summed E-state index contributed by atoms with van der Waals surface area (Å²) in [5.74, 6) is 0.213. The lowest BCUT2D eigenvalue weighted by Gasteiger charge is -2.16. The summed E-state index contributed by atoms with van der Waals surface area (Å²) in [5, 5.41) is 4.24. The van der Waals surface area contributed by atoms with Crippen molar-refractivity contribution in [3.8, 4) is 5.75 Å². The van der Waals surface area contributed by atoms with Gasteiger partial charge < -0.3 is 10.1 Å². The topological polar surface area (TPSA) is 70.7 Å². The van der Waals surface area contributed by atoms with Crippen LogP contribution in [-0.4, -0.2) is 27.9 Å². The first-order valence-electron chi connectivity index (χ1n) is 8.52. The Labute approximate surface area is 192 Å². The lowest BCUT2D eigenvalue weighted by atomic mass is 10.2. The number of anilines is 1. The van der Waals surface area contributed by atoms with E-state index in [0.29, 0.717) is 33.0 Å². The Hall–Kier alpha value is -2.52. The normalized spacial score (nSPS) is 14.7. The minimum atomic E-state index is -0.647. The van der Waals surface area contributed by atoms with Crippen LogP contribution in [0.1, 0.15) is 5.56 Å². The zero-order valence-electron chi connectivity index (χ0n) is 15.4. The number of benzene rings is 2. The highest BCUT2D eigenvalue weighted by Gasteiger charge is 2.33. The highest BCUT2D eigenvalue weighted by Crippen LogP contribution is 2.32. The standard InChI is InChI=1S/C20H15Cl2N3O3S2/c1-2-8-28-14-5-3-4-12(9-14)10-17-18(26)25(20(29)30-17)24-19(27)23-13-6-7-15(21)16(22)11-13/h2-7,9-11H,1,8H2,(H2,23,24,27)/b17-10+. The zero-order chi connectivity index (χ0) is 21.7. The van der Waals surface area contributed by atoms with Crippen LogP contribution < -0.4 is 15.5 Å². The number of carbonyl (C=O) groups is 2. The minimum absolute atomic E-state index is 0.203. The summed E-state index contributed by atoms with van der Waals surface area (Å²) < 4.78 is 5.70. The van der Waals surface area contributed by atoms with Crippen LogP contribution in [-0.2, 0) is 4.79 Å². The Morgan fingerprint density at radius 3 is 2.77 bits per heavy atom. The second-order valence-electron chi connectivity index (χ2n) is 5.88. The van der Waals surface area contributed by atoms with Crippen LogP contribution in [0.2, 0.25) is 10.0 Å². The van der Waals surface area contributed by atoms with Crippen LogP contribution in [0, 0.1) is 0 Å². The molecule has 0 radical (unpaired) electrons. The van der Waals surface area contributed by atoms with Crippen LogP contribution in [0.4, 0.5) is 10.5 Å². The number of amides is 3. The molecule has 2 aromatic carbocycles. The van der Waals surface area contributed by atoms with E-state index in [-0.39, 0.29) is 4.32 Å². The van der Waals surface area contributed by atoms with Crippen molar-refractivity contribution in [2.75, 3.05) is 11.9 Å². The molecule has 0 aliphatic carbocycles. The molecule has 1 aliphatic rings. The number of rotatable bonds is 6. The van der Waals surface area contributed by atoms with E-state index >= 15 is 0 Å². The second-order valence-corrected chi connectivity index (χ2v) is 8.37. The molecule has 0 atom stereocenters. The Morgan fingerprint density at radius 1 is 1.23 bits per heavy atom. The highest BCUT2D eigenvalue weighted by molar-refractivity contribution is 8.26. The van der Waals surface area contributed by atoms with Crippen LogP contribution in [0.15, 0.2) is 60.0 Å². The first kappa shape index (κ1) is 22.2. The average Bonchev–Trinajstić information content (AvgIpc) is 2.97. The number of hydrogen-bond acceptors (Lipinski definition) is 5. The maximum Gasteiger partial charge on any atom is 0.338 e. The molecule has 154 valence electrons. The van der Waals surface area contributed by atoms with Gasteiger partial charge >= 0.3 is 6.03 Å². The molecule has 0 bridgehead atoms. The number of carbonyl (C=O) groups excluding carboxylic acids is 2. The van der Waals surface area contributed by atoms with E-state index in [1.54, 1.807) is 36.4 Å². The summed E-state index contributed by atoms with van der Waals surface area (Å²) in [7, 11) is 0. The molecule has 0 aromatic heterocycles. The van der Waals surface area contributed by atoms with Gasteiger partial charge in [-0.2, -0.15) is 5.01 Å². The van der Waals surface area contributed by atoms with Gasteiger partial charge in [-0.1, -0.05) is 59.8 Å². The van der Waals surface area contributed by atoms with Crippen LogP contribution in [0.25, 0.3) is 6.08 Å². The van der Waals surface area contributed by atoms with Crippen molar-refractivity contribution in [3.63, 3.8) is 0 Å². The Balaban J connectivity index is 1.68. The van der Waals surface area contributed by atoms with E-state index < -0.39 is 11.9 Å². The summed E-state index contributed by atoms with van der Waals surface area (Å²) in [5.41, 5.74) is 3.61. The van der Waals surface area contributed by atoms with Gasteiger partial charge in [0.25, 0.3) is 5.91 Å². The molecule has 2 N–H and O–H groups in total. The van der Waals surface area contributed by atoms with Gasteiger partial charge in [-0.05, 0) is 54.2 Å². The molecule has 1 heterocycles. The van der Waals surface area contributed by atoms with E-state index in [2.05, 4.69) is 17.3 Å². The van der Waals surface area contributed by atoms with Crippen molar-refractivity contribution < 1.29 is 14.3 Å². The molecule has 2 aromatic rings. The van der Waals surface area contributed by atoms with E-state index in [1.165, 1.54) is 6.07 Å². The SMILES string of the molecule is C=CCOc1cccc(/C=C2/SC(=S)N(NC(=O)Nc3ccc(Cl)c(Cl)c3)C2=O)c1. The third-order valence-corrected chi connectivity index (χ3v) is 5.75. The number of ether oxygens (including phenoxy) is 1. The fourth-order valence-corrected chi connectivity index (χ4v) is 3.88. The second kappa shape index (κ2) is 9.99. The van der Waals surface area contributed by atoms with Crippen molar-refractivity contribution in [2.45, 2.75) is 0 Å². The molecule has 3 rings (SSSR count). The van der Waals surface area contributed by atoms with Gasteiger partial charge in [-0.15, -0.1) is 0 Å². The molecular weight excluding hydrogens is 465 g/mol. The van der Waals surface area contributed by atoms with Gasteiger partial charge in [0.05, 0.1) is 15.0 Å². The van der Waals surface area contributed by atoms with Crippen molar-refractivity contribution in [2.24, 2.45) is 0 Å². The van der Waals surface area contributed by atoms with Crippen molar-refractivity contribution >= 4 is 75.2 Å². The predicted octanol–water partition coefficient (Wildman–Crippen LogP) is 5.50. The van der Waals surface area contributed by atoms with Gasteiger partial charge in [0, 0.05) is 5.69 Å². The number of hydrogen-bond donors (Lipinski definition) is 2. The first-order chi connectivity index (χ1) is 14.4. The summed E-state index contributed by atoms with van der Waals surface area (Å²) in [4.78, 5) is 25.3. The first-order valence-corrected chi connectivity index (χ1v) is 10.5. The third kappa shape index (κ3) is 5.54. The Morgan fingerprint density at radius 2 is 2.03 bits per heavy atom. The van der Waals surface area contributed by atoms with Crippen LogP contribution in [0.5, 0.6) is 5.75 Å². The molecule has 1 saturated heterocycles. The monoisotopic (exact) mass is 479 g/mol. The number of urea groups is 1. The lowest BCUT2D eigenvalue weighted by molar-refractivity contribution is -0.123. The molecule has 0 unspecified atom stereocenters. The molecule has 10 heteroatoms. The van der Waals surface area contributed by atoms with E-state index in [9.17, 15) is 9.59 Å². The quantitative estimate of drug-likeness (QED) is 0.325. The van der Waals surface area contributed by atoms with Crippen molar-refractivity contribution in [1.82, 2.24) is 10.4 Å². The maximum absolute atomic E-state index is 12.7. The molecule has 6 nitrogen and oxygen atoms in total. The van der Waals surface area contributed by atoms with Crippen LogP contribution in [0.3, 0.4) is 0 Å². The van der Waals surface area contributed by atoms with E-state index in [0.717, 1.165) is 22.3 Å². The summed E-state index contributed by atoms with van der Waals surface area (Å²) in [6, 6.07) is 11.2. The smallest absolute Gasteiger partial charge is 0.338 e. The van der Waals surface area contributed by atoms with Crippen LogP contribution >= 0.6 is 47.2 Å². The van der Waals surface area contributed by atoms with E-state index in [1.807, 2.05) is 12.1 Å². The van der Waals surface area contributed by atoms with Gasteiger partial charge in [0.1, 0.15) is 12.4 Å². The predicted molar refractivity (Wildman–Crippen MR) is 126 cm³/mol. The molecule has 0 spiro atoms. The zero-order valence-corrected chi connectivity index (χ0v) is 18.5. The molecular formula is C20H15Cl2N3O3S2. The number of nitrogens with zero attached hydrogens (tertiary/aromatic N) is 1. The third-order valence-electron chi connectivity index (χ3n) is 3.71. The highest BCUT2D eigenvalue weighted by atomic mass is 35.5. The minimum Gasteiger partial charge on any atom is -0.490 e. The number of thioether (sulfide) groups is 1. The number of thiocarbonyl (C=S) groups is 1. The molecule has 1 aliphatic heterocycles. The fraction of sp³-hybridized carbons (Fsp3) is 0.0500. The summed E-state index contributed by atoms with van der Waals surface area (Å²) >= 11 is 18.1. The van der Waals surface area contributed by atoms with Gasteiger partial charge in [-0.3, -0.25) is 4.79 Å². The largest absolute Gasteiger partial charge is 0.490 e. The van der Waals surface area contributed by atoms with Gasteiger partial charge in [-0.25, -0.2) is 10.2 Å². The summed E-state index contributed by atoms with van der Waals surface area (Å²) in [6.45, 7) is 3.99. The number of halogens is 2. The average molecular weight is 480 g/mol. The molecule has 1 fully saturated rings. The molecule has 30 heavy (non-hydrogen) atoms. The van der Waals surface area contributed by atoms with E-state index in [4.69, 9.17) is 40.2 Å². The molecule has 0 saturated carbocycles. The summed E-state index contributed by atoms with van der Waals surface area (Å²) in [6.07, 6.45) is 3.32. The van der Waals surface area contributed by atoms with Crippen molar-refractivity contribution in [3.05, 3.63) is 75.6 Å². The maximum atomic E-state index is 12.7. The number of nitrogens with one attached hydrogen (secondary N) is 2. The Bertz CT molecular complexity index is 1060. The number of hydrazine groups is 1. The lowest BCUT2D eigenvalue weighted by Crippen LogP contribution is -2.46. The fourth-order valence-electron chi connectivity index (χ4n) is 2.40. The van der Waals surface area contributed by atoms with Crippen molar-refractivity contribution in [1.29, 1.82) is 0 Å². The van der Waals surface area contributed by atoms with Gasteiger partial charge in [0.15, 0.2) is 4.32 Å². The van der Waals surface area contributed by atoms with Gasteiger partial charge in [0.2, 0.25) is 0 Å².